The summed E-state index contributed by atoms with van der Waals surface area (Å²) in [6.45, 7) is 0.868. The van der Waals surface area contributed by atoms with Crippen molar-refractivity contribution in [3.05, 3.63) is 47.3 Å². The molecule has 0 atom stereocenters. The average Bonchev–Trinajstić information content (AvgIpc) is 2.95. The maximum Gasteiger partial charge on any atom is 0.134 e. The highest BCUT2D eigenvalue weighted by molar-refractivity contribution is 5.48. The minimum Gasteiger partial charge on any atom is -0.373 e. The third-order valence-electron chi connectivity index (χ3n) is 3.88. The molecule has 20 heavy (non-hydrogen) atoms. The van der Waals surface area contributed by atoms with Gasteiger partial charge in [0.2, 0.25) is 0 Å². The SMILES string of the molecule is CNc1cc(N(C)Cc2ccc3c(c2)CCC3)ncn1. The minimum absolute atomic E-state index is 0.843. The average molecular weight is 268 g/mol. The molecular weight excluding hydrogens is 248 g/mol. The maximum absolute atomic E-state index is 4.33. The fraction of sp³-hybridized carbons (Fsp3) is 0.375. The second-order valence-corrected chi connectivity index (χ2v) is 5.32. The van der Waals surface area contributed by atoms with Gasteiger partial charge in [0, 0.05) is 26.7 Å². The van der Waals surface area contributed by atoms with E-state index in [-0.39, 0.29) is 0 Å². The molecule has 0 saturated heterocycles. The number of aromatic nitrogens is 2. The number of nitrogens with zero attached hydrogens (tertiary/aromatic N) is 3. The van der Waals surface area contributed by atoms with Gasteiger partial charge in [-0.15, -0.1) is 0 Å². The highest BCUT2D eigenvalue weighted by Gasteiger charge is 2.12. The lowest BCUT2D eigenvalue weighted by Crippen LogP contribution is -2.18. The molecule has 0 radical (unpaired) electrons. The molecule has 1 N–H and O–H groups in total. The Hall–Kier alpha value is -2.10. The van der Waals surface area contributed by atoms with Crippen molar-refractivity contribution in [3.63, 3.8) is 0 Å². The zero-order valence-corrected chi connectivity index (χ0v) is 12.1. The van der Waals surface area contributed by atoms with Gasteiger partial charge in [0.25, 0.3) is 0 Å². The van der Waals surface area contributed by atoms with Gasteiger partial charge >= 0.3 is 0 Å². The van der Waals surface area contributed by atoms with Crippen molar-refractivity contribution in [1.82, 2.24) is 9.97 Å². The second kappa shape index (κ2) is 5.49. The zero-order valence-electron chi connectivity index (χ0n) is 12.1. The van der Waals surface area contributed by atoms with Gasteiger partial charge in [0.05, 0.1) is 0 Å². The molecular formula is C16H20N4. The number of benzene rings is 1. The van der Waals surface area contributed by atoms with E-state index in [0.29, 0.717) is 0 Å². The van der Waals surface area contributed by atoms with Crippen LogP contribution in [0.5, 0.6) is 0 Å². The van der Waals surface area contributed by atoms with Crippen molar-refractivity contribution in [1.29, 1.82) is 0 Å². The van der Waals surface area contributed by atoms with Crippen LogP contribution in [-0.4, -0.2) is 24.1 Å². The molecule has 0 fully saturated rings. The number of anilines is 2. The molecule has 1 aliphatic rings. The van der Waals surface area contributed by atoms with E-state index in [1.165, 1.54) is 36.0 Å². The van der Waals surface area contributed by atoms with E-state index in [9.17, 15) is 0 Å². The molecule has 0 spiro atoms. The number of hydrogen-bond donors (Lipinski definition) is 1. The topological polar surface area (TPSA) is 41.0 Å². The summed E-state index contributed by atoms with van der Waals surface area (Å²) in [6.07, 6.45) is 5.36. The Balaban J connectivity index is 1.76. The predicted molar refractivity (Wildman–Crippen MR) is 82.2 cm³/mol. The number of hydrogen-bond acceptors (Lipinski definition) is 4. The lowest BCUT2D eigenvalue weighted by Gasteiger charge is -2.19. The Labute approximate surface area is 119 Å². The maximum atomic E-state index is 4.33. The molecule has 1 aliphatic carbocycles. The van der Waals surface area contributed by atoms with Gasteiger partial charge in [0.15, 0.2) is 0 Å². The van der Waals surface area contributed by atoms with Crippen molar-refractivity contribution in [2.45, 2.75) is 25.8 Å². The summed E-state index contributed by atoms with van der Waals surface area (Å²) in [4.78, 5) is 10.6. The van der Waals surface area contributed by atoms with Crippen LogP contribution in [0.4, 0.5) is 11.6 Å². The number of aryl methyl sites for hydroxylation is 2. The van der Waals surface area contributed by atoms with Crippen LogP contribution in [0.15, 0.2) is 30.6 Å². The van der Waals surface area contributed by atoms with Crippen LogP contribution in [0.1, 0.15) is 23.1 Å². The van der Waals surface area contributed by atoms with E-state index in [0.717, 1.165) is 18.2 Å². The molecule has 1 heterocycles. The van der Waals surface area contributed by atoms with Crippen molar-refractivity contribution in [3.8, 4) is 0 Å². The number of fused-ring (bicyclic) bond motifs is 1. The fourth-order valence-corrected chi connectivity index (χ4v) is 2.77. The molecule has 3 rings (SSSR count). The molecule has 1 aromatic heterocycles. The molecule has 0 amide bonds. The summed E-state index contributed by atoms with van der Waals surface area (Å²) in [6, 6.07) is 8.83. The van der Waals surface area contributed by atoms with Crippen molar-refractivity contribution >= 4 is 11.6 Å². The monoisotopic (exact) mass is 268 g/mol. The van der Waals surface area contributed by atoms with E-state index >= 15 is 0 Å². The van der Waals surface area contributed by atoms with Crippen LogP contribution >= 0.6 is 0 Å². The van der Waals surface area contributed by atoms with Crippen LogP contribution in [0.2, 0.25) is 0 Å². The van der Waals surface area contributed by atoms with Crippen LogP contribution in [0, 0.1) is 0 Å². The second-order valence-electron chi connectivity index (χ2n) is 5.32. The Morgan fingerprint density at radius 2 is 2.00 bits per heavy atom. The lowest BCUT2D eigenvalue weighted by molar-refractivity contribution is 0.887. The standard InChI is InChI=1S/C16H20N4/c1-17-15-9-16(19-11-18-15)20(2)10-12-6-7-13-4-3-5-14(13)8-12/h6-9,11H,3-5,10H2,1-2H3,(H,17,18,19). The summed E-state index contributed by atoms with van der Waals surface area (Å²) >= 11 is 0. The third kappa shape index (κ3) is 2.59. The van der Waals surface area contributed by atoms with Crippen molar-refractivity contribution in [2.75, 3.05) is 24.3 Å². The third-order valence-corrected chi connectivity index (χ3v) is 3.88. The summed E-state index contributed by atoms with van der Waals surface area (Å²) < 4.78 is 0. The first-order valence-electron chi connectivity index (χ1n) is 7.08. The highest BCUT2D eigenvalue weighted by atomic mass is 15.2. The number of rotatable bonds is 4. The molecule has 0 saturated carbocycles. The minimum atomic E-state index is 0.843. The normalized spacial score (nSPS) is 13.1. The van der Waals surface area contributed by atoms with Crippen LogP contribution in [0.25, 0.3) is 0 Å². The van der Waals surface area contributed by atoms with E-state index in [4.69, 9.17) is 0 Å². The largest absolute Gasteiger partial charge is 0.373 e. The van der Waals surface area contributed by atoms with Crippen molar-refractivity contribution < 1.29 is 0 Å². The smallest absolute Gasteiger partial charge is 0.134 e. The first-order chi connectivity index (χ1) is 9.76. The molecule has 104 valence electrons. The Kier molecular flexibility index (Phi) is 3.54. The molecule has 4 heteroatoms. The molecule has 1 aromatic carbocycles. The van der Waals surface area contributed by atoms with E-state index < -0.39 is 0 Å². The number of nitrogens with one attached hydrogen (secondary N) is 1. The van der Waals surface area contributed by atoms with Gasteiger partial charge in [-0.2, -0.15) is 0 Å². The quantitative estimate of drug-likeness (QED) is 0.925. The Bertz CT molecular complexity index is 609. The Morgan fingerprint density at radius 1 is 1.15 bits per heavy atom. The lowest BCUT2D eigenvalue weighted by atomic mass is 10.1. The first-order valence-corrected chi connectivity index (χ1v) is 7.08. The molecule has 2 aromatic rings. The fourth-order valence-electron chi connectivity index (χ4n) is 2.77. The van der Waals surface area contributed by atoms with Gasteiger partial charge in [-0.3, -0.25) is 0 Å². The first kappa shape index (κ1) is 12.9. The van der Waals surface area contributed by atoms with Crippen molar-refractivity contribution in [2.24, 2.45) is 0 Å². The molecule has 0 bridgehead atoms. The molecule has 4 nitrogen and oxygen atoms in total. The van der Waals surface area contributed by atoms with Gasteiger partial charge in [-0.05, 0) is 36.0 Å². The van der Waals surface area contributed by atoms with Crippen LogP contribution in [0.3, 0.4) is 0 Å². The van der Waals surface area contributed by atoms with E-state index in [1.807, 2.05) is 13.1 Å². The zero-order chi connectivity index (χ0) is 13.9. The molecule has 0 unspecified atom stereocenters. The molecule has 0 aliphatic heterocycles. The summed E-state index contributed by atoms with van der Waals surface area (Å²) in [5.74, 6) is 1.78. The van der Waals surface area contributed by atoms with Gasteiger partial charge in [-0.25, -0.2) is 9.97 Å². The highest BCUT2D eigenvalue weighted by Crippen LogP contribution is 2.24. The van der Waals surface area contributed by atoms with Gasteiger partial charge in [0.1, 0.15) is 18.0 Å². The van der Waals surface area contributed by atoms with Gasteiger partial charge < -0.3 is 10.2 Å². The van der Waals surface area contributed by atoms with Crippen LogP contribution in [-0.2, 0) is 19.4 Å². The predicted octanol–water partition coefficient (Wildman–Crippen LogP) is 2.64. The Morgan fingerprint density at radius 3 is 2.85 bits per heavy atom. The van der Waals surface area contributed by atoms with E-state index in [1.54, 1.807) is 6.33 Å². The summed E-state index contributed by atoms with van der Waals surface area (Å²) in [5.41, 5.74) is 4.39. The van der Waals surface area contributed by atoms with Gasteiger partial charge in [-0.1, -0.05) is 18.2 Å². The van der Waals surface area contributed by atoms with E-state index in [2.05, 4.69) is 45.4 Å². The van der Waals surface area contributed by atoms with Crippen LogP contribution < -0.4 is 10.2 Å². The summed E-state index contributed by atoms with van der Waals surface area (Å²) in [7, 11) is 3.93. The summed E-state index contributed by atoms with van der Waals surface area (Å²) in [5, 5.41) is 3.04.